The van der Waals surface area contributed by atoms with Gasteiger partial charge in [0.25, 0.3) is 0 Å². The van der Waals surface area contributed by atoms with E-state index in [2.05, 4.69) is 13.8 Å². The molecular formula is C23H31FO4. The Kier molecular flexibility index (Phi) is 4.41. The average molecular weight is 390 g/mol. The van der Waals surface area contributed by atoms with Gasteiger partial charge in [0.05, 0.1) is 0 Å². The molecule has 0 saturated heterocycles. The summed E-state index contributed by atoms with van der Waals surface area (Å²) in [7, 11) is 0. The standard InChI is InChI=1S/C23H31FO4/c1-13(25)23(28-14(2)26)10-7-18-16-12-20(24)19-11-15(27)5-8-21(19,3)17(16)6-9-22(18,23)4/h11,16-18,20H,5-10,12H2,1-4H3/t16-,17-,18-,20+,21-,22-,23+/m1/s1. The van der Waals surface area contributed by atoms with Crippen LogP contribution in [0.3, 0.4) is 0 Å². The number of hydrogen-bond donors (Lipinski definition) is 0. The molecule has 28 heavy (non-hydrogen) atoms. The number of ether oxygens (including phenoxy) is 1. The lowest BCUT2D eigenvalue weighted by atomic mass is 9.46. The van der Waals surface area contributed by atoms with Gasteiger partial charge in [-0.15, -0.1) is 0 Å². The number of halogens is 1. The largest absolute Gasteiger partial charge is 0.451 e. The van der Waals surface area contributed by atoms with Crippen LogP contribution in [0.4, 0.5) is 4.39 Å². The molecule has 0 aromatic rings. The first-order valence-electron chi connectivity index (χ1n) is 10.6. The summed E-state index contributed by atoms with van der Waals surface area (Å²) >= 11 is 0. The number of allylic oxidation sites excluding steroid dienone is 1. The van der Waals surface area contributed by atoms with Crippen molar-refractivity contribution < 1.29 is 23.5 Å². The lowest BCUT2D eigenvalue weighted by Crippen LogP contribution is -2.59. The van der Waals surface area contributed by atoms with Crippen molar-refractivity contribution in [2.24, 2.45) is 28.6 Å². The molecule has 0 aliphatic heterocycles. The second-order valence-corrected chi connectivity index (χ2v) is 10.0. The van der Waals surface area contributed by atoms with E-state index in [1.165, 1.54) is 13.8 Å². The zero-order valence-corrected chi connectivity index (χ0v) is 17.3. The topological polar surface area (TPSA) is 60.4 Å². The number of esters is 1. The van der Waals surface area contributed by atoms with Gasteiger partial charge in [0, 0.05) is 18.8 Å². The fourth-order valence-corrected chi connectivity index (χ4v) is 7.62. The normalized spacial score (nSPS) is 47.5. The Morgan fingerprint density at radius 1 is 1.11 bits per heavy atom. The number of fused-ring (bicyclic) bond motifs is 5. The maximum absolute atomic E-state index is 15.3. The number of rotatable bonds is 2. The van der Waals surface area contributed by atoms with Crippen LogP contribution in [0.25, 0.3) is 0 Å². The first-order chi connectivity index (χ1) is 13.0. The lowest BCUT2D eigenvalue weighted by molar-refractivity contribution is -0.188. The first kappa shape index (κ1) is 19.8. The van der Waals surface area contributed by atoms with Gasteiger partial charge >= 0.3 is 5.97 Å². The van der Waals surface area contributed by atoms with Gasteiger partial charge in [-0.25, -0.2) is 4.39 Å². The summed E-state index contributed by atoms with van der Waals surface area (Å²) in [5.41, 5.74) is -1.11. The quantitative estimate of drug-likeness (QED) is 0.658. The molecule has 0 spiro atoms. The maximum Gasteiger partial charge on any atom is 0.303 e. The maximum atomic E-state index is 15.3. The van der Waals surface area contributed by atoms with Crippen molar-refractivity contribution >= 4 is 17.5 Å². The predicted octanol–water partition coefficient (Wildman–Crippen LogP) is 4.36. The molecule has 4 nitrogen and oxygen atoms in total. The highest BCUT2D eigenvalue weighted by Gasteiger charge is 2.68. The number of carbonyl (C=O) groups is 3. The van der Waals surface area contributed by atoms with E-state index >= 15 is 4.39 Å². The Morgan fingerprint density at radius 2 is 1.79 bits per heavy atom. The molecule has 154 valence electrons. The minimum Gasteiger partial charge on any atom is -0.451 e. The average Bonchev–Trinajstić information content (AvgIpc) is 2.90. The van der Waals surface area contributed by atoms with E-state index in [4.69, 9.17) is 4.74 Å². The molecule has 4 aliphatic carbocycles. The van der Waals surface area contributed by atoms with Crippen molar-refractivity contribution in [3.05, 3.63) is 11.6 Å². The number of Topliss-reactive ketones (excluding diaryl/α,β-unsaturated/α-hetero) is 1. The zero-order chi connectivity index (χ0) is 20.5. The molecule has 0 aromatic heterocycles. The Labute approximate surface area is 166 Å². The van der Waals surface area contributed by atoms with Crippen molar-refractivity contribution in [1.29, 1.82) is 0 Å². The molecule has 0 bridgehead atoms. The third-order valence-electron chi connectivity index (χ3n) is 8.94. The lowest BCUT2D eigenvalue weighted by Gasteiger charge is -2.59. The van der Waals surface area contributed by atoms with Crippen LogP contribution in [0.1, 0.15) is 72.6 Å². The van der Waals surface area contributed by atoms with Crippen molar-refractivity contribution in [3.63, 3.8) is 0 Å². The Morgan fingerprint density at radius 3 is 2.43 bits per heavy atom. The first-order valence-corrected chi connectivity index (χ1v) is 10.6. The summed E-state index contributed by atoms with van der Waals surface area (Å²) in [4.78, 5) is 36.5. The highest BCUT2D eigenvalue weighted by atomic mass is 19.1. The molecule has 0 radical (unpaired) electrons. The fraction of sp³-hybridized carbons (Fsp3) is 0.783. The molecule has 7 atom stereocenters. The number of hydrogen-bond acceptors (Lipinski definition) is 4. The highest BCUT2D eigenvalue weighted by molar-refractivity contribution is 5.92. The van der Waals surface area contributed by atoms with E-state index in [9.17, 15) is 14.4 Å². The van der Waals surface area contributed by atoms with Crippen LogP contribution in [-0.4, -0.2) is 29.3 Å². The molecule has 0 heterocycles. The fourth-order valence-electron chi connectivity index (χ4n) is 7.62. The molecule has 4 rings (SSSR count). The zero-order valence-electron chi connectivity index (χ0n) is 17.3. The molecule has 5 heteroatoms. The Hall–Kier alpha value is -1.52. The monoisotopic (exact) mass is 390 g/mol. The summed E-state index contributed by atoms with van der Waals surface area (Å²) in [6.07, 6.45) is 5.07. The Bertz CT molecular complexity index is 773. The summed E-state index contributed by atoms with van der Waals surface area (Å²) in [5, 5.41) is 0. The molecule has 0 aromatic carbocycles. The number of alkyl halides is 1. The van der Waals surface area contributed by atoms with Crippen molar-refractivity contribution in [2.45, 2.75) is 84.4 Å². The Balaban J connectivity index is 1.73. The second-order valence-electron chi connectivity index (χ2n) is 10.0. The van der Waals surface area contributed by atoms with E-state index < -0.39 is 23.2 Å². The van der Waals surface area contributed by atoms with E-state index in [0.717, 1.165) is 19.3 Å². The predicted molar refractivity (Wildman–Crippen MR) is 102 cm³/mol. The van der Waals surface area contributed by atoms with E-state index in [0.29, 0.717) is 37.2 Å². The summed E-state index contributed by atoms with van der Waals surface area (Å²) < 4.78 is 21.0. The molecular weight excluding hydrogens is 359 g/mol. The van der Waals surface area contributed by atoms with Crippen molar-refractivity contribution in [1.82, 2.24) is 0 Å². The van der Waals surface area contributed by atoms with Crippen molar-refractivity contribution in [3.8, 4) is 0 Å². The van der Waals surface area contributed by atoms with Gasteiger partial charge in [0.1, 0.15) is 6.17 Å². The molecule has 4 aliphatic rings. The van der Waals surface area contributed by atoms with Gasteiger partial charge in [-0.1, -0.05) is 13.8 Å². The SMILES string of the molecule is CC(=O)O[C@]1(C(C)=O)CC[C@@H]2[C@@H]3C[C@H](F)C4=CC(=O)CC[C@]4(C)[C@@H]3CC[C@]21C. The second kappa shape index (κ2) is 6.24. The minimum absolute atomic E-state index is 0.0422. The van der Waals surface area contributed by atoms with Gasteiger partial charge < -0.3 is 4.74 Å². The van der Waals surface area contributed by atoms with Gasteiger partial charge in [-0.3, -0.25) is 14.4 Å². The van der Waals surface area contributed by atoms with Crippen LogP contribution < -0.4 is 0 Å². The molecule has 0 amide bonds. The third-order valence-corrected chi connectivity index (χ3v) is 8.94. The van der Waals surface area contributed by atoms with E-state index in [1.54, 1.807) is 6.08 Å². The van der Waals surface area contributed by atoms with Crippen LogP contribution >= 0.6 is 0 Å². The van der Waals surface area contributed by atoms with E-state index in [1.807, 2.05) is 0 Å². The summed E-state index contributed by atoms with van der Waals surface area (Å²) in [6.45, 7) is 7.10. The van der Waals surface area contributed by atoms with Crippen LogP contribution in [0.5, 0.6) is 0 Å². The van der Waals surface area contributed by atoms with Gasteiger partial charge in [-0.05, 0) is 80.3 Å². The highest BCUT2D eigenvalue weighted by Crippen LogP contribution is 2.68. The van der Waals surface area contributed by atoms with Gasteiger partial charge in [-0.2, -0.15) is 0 Å². The smallest absolute Gasteiger partial charge is 0.303 e. The number of carbonyl (C=O) groups excluding carboxylic acids is 3. The molecule has 0 N–H and O–H groups in total. The van der Waals surface area contributed by atoms with Crippen LogP contribution in [0, 0.1) is 28.6 Å². The molecule has 3 saturated carbocycles. The molecule has 0 unspecified atom stereocenters. The van der Waals surface area contributed by atoms with Gasteiger partial charge in [0.15, 0.2) is 17.2 Å². The van der Waals surface area contributed by atoms with Crippen LogP contribution in [0.15, 0.2) is 11.6 Å². The third kappa shape index (κ3) is 2.43. The summed E-state index contributed by atoms with van der Waals surface area (Å²) in [6, 6.07) is 0. The number of ketones is 2. The van der Waals surface area contributed by atoms with E-state index in [-0.39, 0.29) is 28.8 Å². The molecule has 3 fully saturated rings. The van der Waals surface area contributed by atoms with Crippen LogP contribution in [-0.2, 0) is 19.1 Å². The van der Waals surface area contributed by atoms with Gasteiger partial charge in [0.2, 0.25) is 0 Å². The summed E-state index contributed by atoms with van der Waals surface area (Å²) in [5.74, 6) is 0.158. The van der Waals surface area contributed by atoms with Crippen molar-refractivity contribution in [2.75, 3.05) is 0 Å². The minimum atomic E-state index is -1.10. The van der Waals surface area contributed by atoms with Crippen LogP contribution in [0.2, 0.25) is 0 Å².